The second-order valence-corrected chi connectivity index (χ2v) is 3.57. The minimum Gasteiger partial charge on any atom is -0.352 e. The topological polar surface area (TPSA) is 35.5 Å². The lowest BCUT2D eigenvalue weighted by molar-refractivity contribution is -0.133. The first-order valence-electron chi connectivity index (χ1n) is 5.80. The van der Waals surface area contributed by atoms with Gasteiger partial charge < -0.3 is 9.47 Å². The van der Waals surface area contributed by atoms with Crippen LogP contribution in [-0.4, -0.2) is 25.3 Å². The van der Waals surface area contributed by atoms with E-state index >= 15 is 0 Å². The van der Waals surface area contributed by atoms with Crippen molar-refractivity contribution < 1.29 is 23.0 Å². The Bertz CT molecular complexity index is 401. The van der Waals surface area contributed by atoms with Crippen LogP contribution < -0.4 is 0 Å². The third-order valence-corrected chi connectivity index (χ3v) is 2.31. The summed E-state index contributed by atoms with van der Waals surface area (Å²) in [4.78, 5) is 11.8. The van der Waals surface area contributed by atoms with Crippen LogP contribution in [0.4, 0.5) is 8.78 Å². The lowest BCUT2D eigenvalue weighted by Gasteiger charge is -2.16. The minimum absolute atomic E-state index is 0.137. The molecule has 18 heavy (non-hydrogen) atoms. The molecule has 0 radical (unpaired) electrons. The standard InChI is InChI=1S/C13H16F2O3/c1-3-17-12(18-4-2)8-11(16)9-6-5-7-10(14)13(9)15/h5-7,12H,3-4,8H2,1-2H3. The summed E-state index contributed by atoms with van der Waals surface area (Å²) < 4.78 is 36.8. The van der Waals surface area contributed by atoms with Gasteiger partial charge in [0.15, 0.2) is 23.7 Å². The molecule has 0 saturated carbocycles. The first-order chi connectivity index (χ1) is 8.60. The van der Waals surface area contributed by atoms with E-state index in [-0.39, 0.29) is 12.0 Å². The smallest absolute Gasteiger partial charge is 0.170 e. The van der Waals surface area contributed by atoms with Crippen molar-refractivity contribution >= 4 is 5.78 Å². The predicted octanol–water partition coefficient (Wildman–Crippen LogP) is 2.94. The molecule has 0 saturated heterocycles. The quantitative estimate of drug-likeness (QED) is 0.557. The minimum atomic E-state index is -1.13. The largest absolute Gasteiger partial charge is 0.352 e. The second-order valence-electron chi connectivity index (χ2n) is 3.57. The highest BCUT2D eigenvalue weighted by Crippen LogP contribution is 2.15. The van der Waals surface area contributed by atoms with Gasteiger partial charge in [-0.1, -0.05) is 6.07 Å². The summed E-state index contributed by atoms with van der Waals surface area (Å²) in [6, 6.07) is 3.51. The molecular weight excluding hydrogens is 242 g/mol. The van der Waals surface area contributed by atoms with Gasteiger partial charge in [0.05, 0.1) is 12.0 Å². The fraction of sp³-hybridized carbons (Fsp3) is 0.462. The van der Waals surface area contributed by atoms with E-state index in [9.17, 15) is 13.6 Å². The first-order valence-corrected chi connectivity index (χ1v) is 5.80. The van der Waals surface area contributed by atoms with Gasteiger partial charge in [0, 0.05) is 13.2 Å². The van der Waals surface area contributed by atoms with E-state index in [1.165, 1.54) is 12.1 Å². The Balaban J connectivity index is 2.77. The fourth-order valence-corrected chi connectivity index (χ4v) is 1.52. The van der Waals surface area contributed by atoms with Gasteiger partial charge >= 0.3 is 0 Å². The van der Waals surface area contributed by atoms with Crippen LogP contribution in [-0.2, 0) is 9.47 Å². The summed E-state index contributed by atoms with van der Waals surface area (Å²) in [5.74, 6) is -2.71. The molecule has 0 unspecified atom stereocenters. The number of hydrogen-bond donors (Lipinski definition) is 0. The van der Waals surface area contributed by atoms with Gasteiger partial charge in [-0.3, -0.25) is 4.79 Å². The molecule has 0 atom stereocenters. The van der Waals surface area contributed by atoms with Crippen LogP contribution in [0.15, 0.2) is 18.2 Å². The number of rotatable bonds is 7. The van der Waals surface area contributed by atoms with Gasteiger partial charge in [-0.25, -0.2) is 8.78 Å². The van der Waals surface area contributed by atoms with Crippen molar-refractivity contribution in [3.05, 3.63) is 35.4 Å². The van der Waals surface area contributed by atoms with E-state index in [1.54, 1.807) is 13.8 Å². The number of Topliss-reactive ketones (excluding diaryl/α,β-unsaturated/α-hetero) is 1. The molecule has 0 aliphatic carbocycles. The molecule has 100 valence electrons. The van der Waals surface area contributed by atoms with Gasteiger partial charge in [0.2, 0.25) is 0 Å². The number of hydrogen-bond acceptors (Lipinski definition) is 3. The maximum absolute atomic E-state index is 13.4. The van der Waals surface area contributed by atoms with Crippen molar-refractivity contribution in [2.75, 3.05) is 13.2 Å². The molecule has 0 spiro atoms. The summed E-state index contributed by atoms with van der Waals surface area (Å²) in [5, 5.41) is 0. The van der Waals surface area contributed by atoms with Crippen LogP contribution in [0.25, 0.3) is 0 Å². The summed E-state index contributed by atoms with van der Waals surface area (Å²) in [7, 11) is 0. The van der Waals surface area contributed by atoms with Crippen molar-refractivity contribution in [1.82, 2.24) is 0 Å². The van der Waals surface area contributed by atoms with Crippen molar-refractivity contribution in [1.29, 1.82) is 0 Å². The Morgan fingerprint density at radius 3 is 2.39 bits per heavy atom. The average Bonchev–Trinajstić information content (AvgIpc) is 2.33. The monoisotopic (exact) mass is 258 g/mol. The zero-order valence-electron chi connectivity index (χ0n) is 10.4. The van der Waals surface area contributed by atoms with E-state index in [1.807, 2.05) is 0 Å². The summed E-state index contributed by atoms with van der Waals surface area (Å²) in [6.45, 7) is 4.28. The van der Waals surface area contributed by atoms with E-state index in [4.69, 9.17) is 9.47 Å². The van der Waals surface area contributed by atoms with Crippen LogP contribution in [0.5, 0.6) is 0 Å². The molecule has 1 rings (SSSR count). The molecule has 0 bridgehead atoms. The zero-order chi connectivity index (χ0) is 13.5. The number of ether oxygens (including phenoxy) is 2. The molecule has 0 heterocycles. The number of benzene rings is 1. The summed E-state index contributed by atoms with van der Waals surface area (Å²) in [5.41, 5.74) is -0.278. The molecular formula is C13H16F2O3. The van der Waals surface area contributed by atoms with E-state index in [2.05, 4.69) is 0 Å². The molecule has 5 heteroatoms. The van der Waals surface area contributed by atoms with Crippen LogP contribution >= 0.6 is 0 Å². The van der Waals surface area contributed by atoms with Crippen LogP contribution in [0.3, 0.4) is 0 Å². The van der Waals surface area contributed by atoms with Crippen LogP contribution in [0.2, 0.25) is 0 Å². The third kappa shape index (κ3) is 3.85. The molecule has 0 aliphatic heterocycles. The molecule has 0 aliphatic rings. The van der Waals surface area contributed by atoms with Crippen molar-refractivity contribution in [3.63, 3.8) is 0 Å². The SMILES string of the molecule is CCOC(CC(=O)c1cccc(F)c1F)OCC. The molecule has 3 nitrogen and oxygen atoms in total. The van der Waals surface area contributed by atoms with Gasteiger partial charge in [-0.15, -0.1) is 0 Å². The Morgan fingerprint density at radius 1 is 1.22 bits per heavy atom. The Labute approximate surface area is 105 Å². The van der Waals surface area contributed by atoms with Crippen molar-refractivity contribution in [2.45, 2.75) is 26.6 Å². The molecule has 0 aromatic heterocycles. The highest BCUT2D eigenvalue weighted by Gasteiger charge is 2.20. The maximum Gasteiger partial charge on any atom is 0.170 e. The van der Waals surface area contributed by atoms with E-state index in [0.29, 0.717) is 13.2 Å². The van der Waals surface area contributed by atoms with Crippen molar-refractivity contribution in [3.8, 4) is 0 Å². The number of carbonyl (C=O) groups excluding carboxylic acids is 1. The highest BCUT2D eigenvalue weighted by molar-refractivity contribution is 5.96. The number of ketones is 1. The highest BCUT2D eigenvalue weighted by atomic mass is 19.2. The maximum atomic E-state index is 13.4. The van der Waals surface area contributed by atoms with Gasteiger partial charge in [0.25, 0.3) is 0 Å². The van der Waals surface area contributed by atoms with E-state index in [0.717, 1.165) is 6.07 Å². The predicted molar refractivity (Wildman–Crippen MR) is 62.3 cm³/mol. The third-order valence-electron chi connectivity index (χ3n) is 2.31. The Hall–Kier alpha value is -1.33. The fourth-order valence-electron chi connectivity index (χ4n) is 1.52. The lowest BCUT2D eigenvalue weighted by Crippen LogP contribution is -2.22. The van der Waals surface area contributed by atoms with Crippen LogP contribution in [0.1, 0.15) is 30.6 Å². The zero-order valence-corrected chi connectivity index (χ0v) is 10.4. The van der Waals surface area contributed by atoms with E-state index < -0.39 is 23.7 Å². The van der Waals surface area contributed by atoms with Gasteiger partial charge in [-0.05, 0) is 26.0 Å². The van der Waals surface area contributed by atoms with Gasteiger partial charge in [0.1, 0.15) is 0 Å². The molecule has 1 aromatic carbocycles. The lowest BCUT2D eigenvalue weighted by atomic mass is 10.1. The summed E-state index contributed by atoms with van der Waals surface area (Å²) >= 11 is 0. The molecule has 0 fully saturated rings. The first kappa shape index (κ1) is 14.7. The van der Waals surface area contributed by atoms with Crippen molar-refractivity contribution in [2.24, 2.45) is 0 Å². The molecule has 0 amide bonds. The second kappa shape index (κ2) is 7.18. The number of carbonyl (C=O) groups is 1. The van der Waals surface area contributed by atoms with Crippen LogP contribution in [0, 0.1) is 11.6 Å². The molecule has 0 N–H and O–H groups in total. The average molecular weight is 258 g/mol. The van der Waals surface area contributed by atoms with Gasteiger partial charge in [-0.2, -0.15) is 0 Å². The molecule has 1 aromatic rings. The summed E-state index contributed by atoms with van der Waals surface area (Å²) in [6.07, 6.45) is -0.864. The Morgan fingerprint density at radius 2 is 1.83 bits per heavy atom. The normalized spacial score (nSPS) is 10.9. The number of halogens is 2. The Kier molecular flexibility index (Phi) is 5.88.